The topological polar surface area (TPSA) is 112 Å². The smallest absolute Gasteiger partial charge is 0.414 e. The molecule has 4 aromatic rings. The lowest BCUT2D eigenvalue weighted by Gasteiger charge is -2.08. The van der Waals surface area contributed by atoms with Gasteiger partial charge in [-0.1, -0.05) is 36.4 Å². The summed E-state index contributed by atoms with van der Waals surface area (Å²) in [7, 11) is 0. The van der Waals surface area contributed by atoms with E-state index in [-0.39, 0.29) is 0 Å². The number of rotatable bonds is 5. The lowest BCUT2D eigenvalue weighted by Crippen LogP contribution is -2.09. The zero-order chi connectivity index (χ0) is 20.6. The van der Waals surface area contributed by atoms with Crippen LogP contribution in [0.3, 0.4) is 0 Å². The van der Waals surface area contributed by atoms with Crippen molar-refractivity contribution in [2.24, 2.45) is 0 Å². The van der Waals surface area contributed by atoms with Crippen LogP contribution in [0.4, 0.5) is 5.82 Å². The number of hydrogen-bond donors (Lipinski definition) is 3. The van der Waals surface area contributed by atoms with Crippen molar-refractivity contribution >= 4 is 50.6 Å². The summed E-state index contributed by atoms with van der Waals surface area (Å²) in [6.07, 6.45) is 2.65. The van der Waals surface area contributed by atoms with Crippen molar-refractivity contribution in [1.82, 2.24) is 9.97 Å². The molecule has 3 aromatic heterocycles. The summed E-state index contributed by atoms with van der Waals surface area (Å²) < 4.78 is 0. The number of carbonyl (C=O) groups is 2. The molecular weight excluding hydrogens is 410 g/mol. The van der Waals surface area contributed by atoms with Crippen LogP contribution in [0.1, 0.15) is 4.88 Å². The molecule has 0 fully saturated rings. The first-order valence-corrected chi connectivity index (χ1v) is 10.3. The van der Waals surface area contributed by atoms with Gasteiger partial charge in [0.05, 0.1) is 5.39 Å². The molecule has 0 saturated heterocycles. The maximum absolute atomic E-state index is 9.10. The van der Waals surface area contributed by atoms with E-state index in [1.165, 1.54) is 16.0 Å². The van der Waals surface area contributed by atoms with E-state index >= 15 is 0 Å². The number of thiophene rings is 2. The lowest BCUT2D eigenvalue weighted by molar-refractivity contribution is -0.159. The van der Waals surface area contributed by atoms with Gasteiger partial charge in [0.15, 0.2) is 0 Å². The van der Waals surface area contributed by atoms with Gasteiger partial charge in [-0.3, -0.25) is 0 Å². The Balaban J connectivity index is 0.000000353. The van der Waals surface area contributed by atoms with Crippen molar-refractivity contribution in [3.63, 3.8) is 0 Å². The second-order valence-electron chi connectivity index (χ2n) is 5.78. The number of anilines is 1. The SMILES string of the molecule is O=C(O)C(=O)O.c1ccc(-c2csc3ncnc(NCCc4cccs4)c23)cc1. The molecule has 4 rings (SSSR count). The van der Waals surface area contributed by atoms with Gasteiger partial charge in [-0.25, -0.2) is 19.6 Å². The molecule has 0 bridgehead atoms. The number of carboxylic acids is 2. The van der Waals surface area contributed by atoms with Gasteiger partial charge in [-0.15, -0.1) is 22.7 Å². The number of hydrogen-bond acceptors (Lipinski definition) is 7. The molecule has 0 aliphatic carbocycles. The van der Waals surface area contributed by atoms with Crippen LogP contribution in [0.5, 0.6) is 0 Å². The molecule has 0 saturated carbocycles. The van der Waals surface area contributed by atoms with Crippen LogP contribution < -0.4 is 5.32 Å². The highest BCUT2D eigenvalue weighted by atomic mass is 32.1. The highest BCUT2D eigenvalue weighted by Crippen LogP contribution is 2.36. The fourth-order valence-corrected chi connectivity index (χ4v) is 4.22. The quantitative estimate of drug-likeness (QED) is 0.409. The number of aromatic nitrogens is 2. The number of nitrogens with one attached hydrogen (secondary N) is 1. The molecule has 0 radical (unpaired) electrons. The Morgan fingerprint density at radius 3 is 2.38 bits per heavy atom. The van der Waals surface area contributed by atoms with Gasteiger partial charge in [0, 0.05) is 22.4 Å². The predicted molar refractivity (Wildman–Crippen MR) is 115 cm³/mol. The van der Waals surface area contributed by atoms with Gasteiger partial charge in [0.25, 0.3) is 0 Å². The molecule has 3 heterocycles. The van der Waals surface area contributed by atoms with Crippen molar-refractivity contribution < 1.29 is 19.8 Å². The maximum Gasteiger partial charge on any atom is 0.414 e. The number of benzene rings is 1. The molecule has 148 valence electrons. The van der Waals surface area contributed by atoms with Crippen molar-refractivity contribution in [3.05, 3.63) is 64.4 Å². The van der Waals surface area contributed by atoms with Crippen LogP contribution in [0.25, 0.3) is 21.3 Å². The standard InChI is InChI=1S/C18H15N3S2.C2H2O4/c1-2-5-13(6-3-1)15-11-23-18-16(15)17(20-12-21-18)19-9-8-14-7-4-10-22-14;3-1(4)2(5)6/h1-7,10-12H,8-9H2,(H,19,20,21);(H,3,4)(H,5,6). The van der Waals surface area contributed by atoms with E-state index in [9.17, 15) is 0 Å². The Hall–Kier alpha value is -3.30. The fraction of sp³-hybridized carbons (Fsp3) is 0.100. The molecule has 1 aromatic carbocycles. The summed E-state index contributed by atoms with van der Waals surface area (Å²) in [5.41, 5.74) is 2.40. The van der Waals surface area contributed by atoms with Crippen LogP contribution in [0.2, 0.25) is 0 Å². The van der Waals surface area contributed by atoms with Gasteiger partial charge in [-0.2, -0.15) is 0 Å². The Kier molecular flexibility index (Phi) is 6.88. The van der Waals surface area contributed by atoms with Gasteiger partial charge >= 0.3 is 11.9 Å². The molecule has 0 amide bonds. The second-order valence-corrected chi connectivity index (χ2v) is 7.67. The van der Waals surface area contributed by atoms with E-state index < -0.39 is 11.9 Å². The molecule has 3 N–H and O–H groups in total. The van der Waals surface area contributed by atoms with E-state index in [1.54, 1.807) is 29.0 Å². The molecule has 0 atom stereocenters. The van der Waals surface area contributed by atoms with Gasteiger partial charge < -0.3 is 15.5 Å². The number of fused-ring (bicyclic) bond motifs is 1. The average molecular weight is 428 g/mol. The largest absolute Gasteiger partial charge is 0.473 e. The van der Waals surface area contributed by atoms with Crippen molar-refractivity contribution in [3.8, 4) is 11.1 Å². The molecule has 9 heteroatoms. The summed E-state index contributed by atoms with van der Waals surface area (Å²) in [4.78, 5) is 29.5. The van der Waals surface area contributed by atoms with E-state index in [0.717, 1.165) is 29.0 Å². The molecule has 0 aliphatic heterocycles. The predicted octanol–water partition coefficient (Wildman–Crippen LogP) is 4.23. The zero-order valence-electron chi connectivity index (χ0n) is 15.1. The lowest BCUT2D eigenvalue weighted by atomic mass is 10.1. The van der Waals surface area contributed by atoms with Crippen LogP contribution in [0.15, 0.2) is 59.6 Å². The molecule has 7 nitrogen and oxygen atoms in total. The summed E-state index contributed by atoms with van der Waals surface area (Å²) in [5, 5.41) is 23.7. The van der Waals surface area contributed by atoms with Crippen LogP contribution in [-0.4, -0.2) is 38.7 Å². The molecule has 0 spiro atoms. The third-order valence-electron chi connectivity index (χ3n) is 3.88. The third kappa shape index (κ3) is 5.37. The van der Waals surface area contributed by atoms with Crippen LogP contribution in [0, 0.1) is 0 Å². The zero-order valence-corrected chi connectivity index (χ0v) is 16.7. The highest BCUT2D eigenvalue weighted by Gasteiger charge is 2.12. The molecular formula is C20H17N3O4S2. The average Bonchev–Trinajstić information content (AvgIpc) is 3.39. The minimum atomic E-state index is -1.82. The fourth-order valence-electron chi connectivity index (χ4n) is 2.60. The Bertz CT molecular complexity index is 1080. The number of nitrogens with zero attached hydrogens (tertiary/aromatic N) is 2. The number of aliphatic carboxylic acids is 2. The van der Waals surface area contributed by atoms with Crippen molar-refractivity contribution in [2.75, 3.05) is 11.9 Å². The van der Waals surface area contributed by atoms with E-state index in [0.29, 0.717) is 0 Å². The first-order chi connectivity index (χ1) is 14.1. The molecule has 0 unspecified atom stereocenters. The Morgan fingerprint density at radius 2 is 1.72 bits per heavy atom. The van der Waals surface area contributed by atoms with Gasteiger partial charge in [-0.05, 0) is 23.4 Å². The third-order valence-corrected chi connectivity index (χ3v) is 5.70. The van der Waals surface area contributed by atoms with E-state index in [1.807, 2.05) is 6.07 Å². The normalized spacial score (nSPS) is 10.2. The summed E-state index contributed by atoms with van der Waals surface area (Å²) in [6, 6.07) is 14.7. The first kappa shape index (κ1) is 20.4. The van der Waals surface area contributed by atoms with Crippen LogP contribution >= 0.6 is 22.7 Å². The summed E-state index contributed by atoms with van der Waals surface area (Å²) >= 11 is 3.46. The Morgan fingerprint density at radius 1 is 0.966 bits per heavy atom. The van der Waals surface area contributed by atoms with Crippen LogP contribution in [-0.2, 0) is 16.0 Å². The minimum Gasteiger partial charge on any atom is -0.473 e. The maximum atomic E-state index is 9.10. The van der Waals surface area contributed by atoms with Crippen molar-refractivity contribution in [2.45, 2.75) is 6.42 Å². The first-order valence-electron chi connectivity index (χ1n) is 8.56. The van der Waals surface area contributed by atoms with Crippen molar-refractivity contribution in [1.29, 1.82) is 0 Å². The molecule has 29 heavy (non-hydrogen) atoms. The number of carboxylic acid groups (broad SMARTS) is 2. The van der Waals surface area contributed by atoms with E-state index in [2.05, 4.69) is 62.4 Å². The summed E-state index contributed by atoms with van der Waals surface area (Å²) in [5.74, 6) is -2.73. The van der Waals surface area contributed by atoms with Gasteiger partial charge in [0.2, 0.25) is 0 Å². The second kappa shape index (κ2) is 9.76. The molecule has 0 aliphatic rings. The van der Waals surface area contributed by atoms with Gasteiger partial charge in [0.1, 0.15) is 17.0 Å². The Labute approximate surface area is 174 Å². The summed E-state index contributed by atoms with van der Waals surface area (Å²) in [6.45, 7) is 0.872. The highest BCUT2D eigenvalue weighted by molar-refractivity contribution is 7.17. The minimum absolute atomic E-state index is 0.872. The van der Waals surface area contributed by atoms with E-state index in [4.69, 9.17) is 19.8 Å². The monoisotopic (exact) mass is 427 g/mol.